The Morgan fingerprint density at radius 2 is 1.88 bits per heavy atom. The summed E-state index contributed by atoms with van der Waals surface area (Å²) in [5.74, 6) is -0.204. The molecule has 0 radical (unpaired) electrons. The van der Waals surface area contributed by atoms with Gasteiger partial charge in [-0.25, -0.2) is 8.42 Å². The van der Waals surface area contributed by atoms with E-state index in [9.17, 15) is 13.2 Å². The van der Waals surface area contributed by atoms with Crippen molar-refractivity contribution < 1.29 is 13.2 Å². The first-order valence-electron chi connectivity index (χ1n) is 7.84. The number of nitrogens with one attached hydrogen (secondary N) is 1. The van der Waals surface area contributed by atoms with Crippen LogP contribution in [0.5, 0.6) is 0 Å². The third-order valence-corrected chi connectivity index (χ3v) is 5.46. The van der Waals surface area contributed by atoms with Crippen LogP contribution >= 0.6 is 0 Å². The number of anilines is 1. The standard InChI is InChI=1S/C18H20N2O3S/c1-24(22,23)15-8-5-12(6-9-15)18(21)20-17-4-2-3-13-11-14(19)7-10-16(13)17/h5-11,17H,2-4,19H2,1H3,(H,20,21). The number of fused-ring (bicyclic) bond motifs is 1. The summed E-state index contributed by atoms with van der Waals surface area (Å²) in [6.45, 7) is 0. The van der Waals surface area contributed by atoms with Crippen molar-refractivity contribution in [1.29, 1.82) is 0 Å². The molecule has 3 N–H and O–H groups in total. The van der Waals surface area contributed by atoms with Gasteiger partial charge in [0.15, 0.2) is 9.84 Å². The van der Waals surface area contributed by atoms with Gasteiger partial charge < -0.3 is 11.1 Å². The van der Waals surface area contributed by atoms with Crippen molar-refractivity contribution in [3.63, 3.8) is 0 Å². The second kappa shape index (κ2) is 6.28. The molecule has 24 heavy (non-hydrogen) atoms. The molecule has 5 nitrogen and oxygen atoms in total. The number of rotatable bonds is 3. The molecule has 0 spiro atoms. The molecule has 0 saturated heterocycles. The van der Waals surface area contributed by atoms with Gasteiger partial charge in [-0.1, -0.05) is 6.07 Å². The van der Waals surface area contributed by atoms with Crippen LogP contribution in [0.3, 0.4) is 0 Å². The van der Waals surface area contributed by atoms with E-state index in [1.54, 1.807) is 12.1 Å². The maximum atomic E-state index is 12.5. The summed E-state index contributed by atoms with van der Waals surface area (Å²) in [6, 6.07) is 11.7. The molecule has 0 aromatic heterocycles. The highest BCUT2D eigenvalue weighted by Crippen LogP contribution is 2.31. The maximum Gasteiger partial charge on any atom is 0.251 e. The van der Waals surface area contributed by atoms with Gasteiger partial charge in [-0.2, -0.15) is 0 Å². The zero-order chi connectivity index (χ0) is 17.3. The van der Waals surface area contributed by atoms with E-state index < -0.39 is 9.84 Å². The van der Waals surface area contributed by atoms with Crippen LogP contribution in [0.1, 0.15) is 40.4 Å². The Bertz CT molecular complexity index is 874. The Labute approximate surface area is 141 Å². The fourth-order valence-electron chi connectivity index (χ4n) is 3.08. The van der Waals surface area contributed by atoms with Gasteiger partial charge in [0.25, 0.3) is 5.91 Å². The molecule has 2 aromatic carbocycles. The Morgan fingerprint density at radius 3 is 2.54 bits per heavy atom. The van der Waals surface area contributed by atoms with Crippen LogP contribution in [0.2, 0.25) is 0 Å². The van der Waals surface area contributed by atoms with Gasteiger partial charge in [0.1, 0.15) is 0 Å². The summed E-state index contributed by atoms with van der Waals surface area (Å²) in [6.07, 6.45) is 3.99. The summed E-state index contributed by atoms with van der Waals surface area (Å²) in [7, 11) is -3.26. The SMILES string of the molecule is CS(=O)(=O)c1ccc(C(=O)NC2CCCc3cc(N)ccc32)cc1. The number of carbonyl (C=O) groups is 1. The predicted molar refractivity (Wildman–Crippen MR) is 93.6 cm³/mol. The van der Waals surface area contributed by atoms with Crippen LogP contribution < -0.4 is 11.1 Å². The molecule has 2 aromatic rings. The van der Waals surface area contributed by atoms with Crippen molar-refractivity contribution in [2.75, 3.05) is 12.0 Å². The zero-order valence-electron chi connectivity index (χ0n) is 13.5. The minimum absolute atomic E-state index is 0.0450. The van der Waals surface area contributed by atoms with Crippen molar-refractivity contribution in [3.8, 4) is 0 Å². The van der Waals surface area contributed by atoms with E-state index in [1.165, 1.54) is 17.7 Å². The molecule has 0 aliphatic heterocycles. The topological polar surface area (TPSA) is 89.3 Å². The Morgan fingerprint density at radius 1 is 1.17 bits per heavy atom. The first-order valence-corrected chi connectivity index (χ1v) is 9.73. The van der Waals surface area contributed by atoms with E-state index in [1.807, 2.05) is 18.2 Å². The molecule has 0 fully saturated rings. The minimum Gasteiger partial charge on any atom is -0.399 e. The number of hydrogen-bond acceptors (Lipinski definition) is 4. The first-order chi connectivity index (χ1) is 11.3. The molecule has 3 rings (SSSR count). The molecule has 1 amide bonds. The fourth-order valence-corrected chi connectivity index (χ4v) is 3.71. The fraction of sp³-hybridized carbons (Fsp3) is 0.278. The zero-order valence-corrected chi connectivity index (χ0v) is 14.3. The molecule has 0 heterocycles. The predicted octanol–water partition coefficient (Wildman–Crippen LogP) is 2.48. The van der Waals surface area contributed by atoms with Crippen LogP contribution in [-0.2, 0) is 16.3 Å². The van der Waals surface area contributed by atoms with E-state index in [0.29, 0.717) is 5.56 Å². The molecule has 1 unspecified atom stereocenters. The van der Waals surface area contributed by atoms with Crippen molar-refractivity contribution in [1.82, 2.24) is 5.32 Å². The molecule has 6 heteroatoms. The lowest BCUT2D eigenvalue weighted by Gasteiger charge is -2.26. The van der Waals surface area contributed by atoms with Gasteiger partial charge in [-0.3, -0.25) is 4.79 Å². The highest BCUT2D eigenvalue weighted by atomic mass is 32.2. The van der Waals surface area contributed by atoms with E-state index in [-0.39, 0.29) is 16.8 Å². The van der Waals surface area contributed by atoms with Gasteiger partial charge in [-0.05, 0) is 66.8 Å². The summed E-state index contributed by atoms with van der Waals surface area (Å²) >= 11 is 0. The van der Waals surface area contributed by atoms with Crippen molar-refractivity contribution in [2.24, 2.45) is 0 Å². The van der Waals surface area contributed by atoms with Crippen molar-refractivity contribution >= 4 is 21.4 Å². The Hall–Kier alpha value is -2.34. The van der Waals surface area contributed by atoms with Gasteiger partial charge in [0, 0.05) is 17.5 Å². The Balaban J connectivity index is 1.79. The minimum atomic E-state index is -3.26. The van der Waals surface area contributed by atoms with Gasteiger partial charge in [0.05, 0.1) is 10.9 Å². The monoisotopic (exact) mass is 344 g/mol. The molecule has 0 bridgehead atoms. The number of benzene rings is 2. The van der Waals surface area contributed by atoms with Gasteiger partial charge in [0.2, 0.25) is 0 Å². The first kappa shape index (κ1) is 16.5. The maximum absolute atomic E-state index is 12.5. The number of carbonyl (C=O) groups excluding carboxylic acids is 1. The molecule has 1 atom stereocenters. The number of nitrogen functional groups attached to an aromatic ring is 1. The average molecular weight is 344 g/mol. The van der Waals surface area contributed by atoms with E-state index in [4.69, 9.17) is 5.73 Å². The van der Waals surface area contributed by atoms with E-state index in [0.717, 1.165) is 36.8 Å². The quantitative estimate of drug-likeness (QED) is 0.837. The second-order valence-electron chi connectivity index (χ2n) is 6.17. The molecular weight excluding hydrogens is 324 g/mol. The number of hydrogen-bond donors (Lipinski definition) is 2. The van der Waals surface area contributed by atoms with Crippen LogP contribution in [0, 0.1) is 0 Å². The number of amides is 1. The third-order valence-electron chi connectivity index (χ3n) is 4.33. The van der Waals surface area contributed by atoms with E-state index in [2.05, 4.69) is 5.32 Å². The molecule has 1 aliphatic rings. The molecular formula is C18H20N2O3S. The molecule has 126 valence electrons. The van der Waals surface area contributed by atoms with Crippen LogP contribution in [0.4, 0.5) is 5.69 Å². The van der Waals surface area contributed by atoms with Crippen LogP contribution in [0.25, 0.3) is 0 Å². The van der Waals surface area contributed by atoms with Gasteiger partial charge in [-0.15, -0.1) is 0 Å². The lowest BCUT2D eigenvalue weighted by Crippen LogP contribution is -2.31. The number of nitrogens with two attached hydrogens (primary N) is 1. The third kappa shape index (κ3) is 3.43. The number of sulfone groups is 1. The lowest BCUT2D eigenvalue weighted by molar-refractivity contribution is 0.0932. The second-order valence-corrected chi connectivity index (χ2v) is 8.19. The summed E-state index contributed by atoms with van der Waals surface area (Å²) in [5.41, 5.74) is 9.30. The van der Waals surface area contributed by atoms with Crippen LogP contribution in [-0.4, -0.2) is 20.6 Å². The smallest absolute Gasteiger partial charge is 0.251 e. The largest absolute Gasteiger partial charge is 0.399 e. The molecule has 1 aliphatic carbocycles. The highest BCUT2D eigenvalue weighted by molar-refractivity contribution is 7.90. The highest BCUT2D eigenvalue weighted by Gasteiger charge is 2.22. The van der Waals surface area contributed by atoms with E-state index >= 15 is 0 Å². The summed E-state index contributed by atoms with van der Waals surface area (Å²) in [4.78, 5) is 12.7. The number of aryl methyl sites for hydroxylation is 1. The van der Waals surface area contributed by atoms with Crippen LogP contribution in [0.15, 0.2) is 47.4 Å². The lowest BCUT2D eigenvalue weighted by atomic mass is 9.87. The van der Waals surface area contributed by atoms with Crippen molar-refractivity contribution in [2.45, 2.75) is 30.2 Å². The van der Waals surface area contributed by atoms with Gasteiger partial charge >= 0.3 is 0 Å². The molecule has 0 saturated carbocycles. The normalized spacial score (nSPS) is 17.1. The van der Waals surface area contributed by atoms with Crippen molar-refractivity contribution in [3.05, 3.63) is 59.2 Å². The summed E-state index contributed by atoms with van der Waals surface area (Å²) < 4.78 is 23.0. The average Bonchev–Trinajstić information content (AvgIpc) is 2.54. The Kier molecular flexibility index (Phi) is 4.32. The summed E-state index contributed by atoms with van der Waals surface area (Å²) in [5, 5.41) is 3.04.